The molecule has 348 valence electrons. The second kappa shape index (κ2) is 17.1. The number of ether oxygens (including phenoxy) is 6. The fourth-order valence-electron chi connectivity index (χ4n) is 14.7. The van der Waals surface area contributed by atoms with Crippen molar-refractivity contribution in [2.24, 2.45) is 46.3 Å². The Morgan fingerprint density at radius 1 is 0.672 bits per heavy atom. The maximum atomic E-state index is 11.6. The van der Waals surface area contributed by atoms with Crippen molar-refractivity contribution in [3.63, 3.8) is 0 Å². The highest BCUT2D eigenvalue weighted by Gasteiger charge is 2.66. The molecule has 0 spiro atoms. The van der Waals surface area contributed by atoms with Crippen molar-refractivity contribution in [3.05, 3.63) is 11.6 Å². The summed E-state index contributed by atoms with van der Waals surface area (Å²) in [6.45, 7) is 11.4. The number of aliphatic hydroxyl groups is 9. The molecule has 9 rings (SSSR count). The first-order chi connectivity index (χ1) is 29.0. The van der Waals surface area contributed by atoms with E-state index in [1.54, 1.807) is 0 Å². The number of nitrogens with zero attached hydrogens (tertiary/aromatic N) is 1. The van der Waals surface area contributed by atoms with E-state index >= 15 is 0 Å². The van der Waals surface area contributed by atoms with E-state index in [0.29, 0.717) is 42.1 Å². The van der Waals surface area contributed by atoms with Crippen LogP contribution in [0.15, 0.2) is 11.6 Å². The number of hydrogen-bond donors (Lipinski definition) is 9. The predicted molar refractivity (Wildman–Crippen MR) is 215 cm³/mol. The Hall–Kier alpha value is -0.900. The van der Waals surface area contributed by atoms with Crippen molar-refractivity contribution in [2.75, 3.05) is 19.8 Å². The Balaban J connectivity index is 0.952. The first-order valence-electron chi connectivity index (χ1n) is 23.4. The van der Waals surface area contributed by atoms with Crippen LogP contribution in [0.4, 0.5) is 0 Å². The average molecular weight is 868 g/mol. The molecule has 0 aromatic rings. The zero-order chi connectivity index (χ0) is 43.4. The lowest BCUT2D eigenvalue weighted by molar-refractivity contribution is -0.394. The van der Waals surface area contributed by atoms with Crippen molar-refractivity contribution in [2.45, 2.75) is 203 Å². The van der Waals surface area contributed by atoms with E-state index in [4.69, 9.17) is 28.4 Å². The highest BCUT2D eigenvalue weighted by Crippen LogP contribution is 2.70. The SMILES string of the molecule is C[C@@H]1CC[C@@H]2[C@@H](C)[C@H]3[C@H](C[C@H]4[C@H]5CC=C6C[C@H](O[C@H]7O[C@@H](CO)[C@H](O)[C@@H](O[C@H]8O[C@@H](CO)[C@H](O)[C@@H](O)[C@@H]8O)[C@@H]7O[C@H]7O[C@@H](C)[C@H](O)[C@@H](O)[C@@H]7O)CC[C@@]6(C)[C@@H]5CC[C@@]34C)N2C1. The molecule has 8 fully saturated rings. The van der Waals surface area contributed by atoms with Gasteiger partial charge in [0.1, 0.15) is 67.1 Å². The molecule has 5 heterocycles. The zero-order valence-corrected chi connectivity index (χ0v) is 36.3. The monoisotopic (exact) mass is 867 g/mol. The van der Waals surface area contributed by atoms with Crippen LogP contribution in [-0.2, 0) is 28.4 Å². The van der Waals surface area contributed by atoms with Crippen LogP contribution in [0, 0.1) is 46.3 Å². The van der Waals surface area contributed by atoms with E-state index in [1.165, 1.54) is 51.1 Å². The van der Waals surface area contributed by atoms with E-state index in [9.17, 15) is 46.0 Å². The molecule has 61 heavy (non-hydrogen) atoms. The first-order valence-corrected chi connectivity index (χ1v) is 23.4. The molecule has 4 aliphatic carbocycles. The molecule has 0 aromatic carbocycles. The molecule has 16 heteroatoms. The third-order valence-corrected chi connectivity index (χ3v) is 18.0. The van der Waals surface area contributed by atoms with Gasteiger partial charge in [0, 0.05) is 18.6 Å². The van der Waals surface area contributed by atoms with Crippen LogP contribution in [0.25, 0.3) is 0 Å². The number of piperidine rings is 1. The second-order valence-electron chi connectivity index (χ2n) is 21.2. The molecular weight excluding hydrogens is 794 g/mol. The van der Waals surface area contributed by atoms with Crippen molar-refractivity contribution >= 4 is 0 Å². The number of aliphatic hydroxyl groups excluding tert-OH is 9. The molecule has 0 radical (unpaired) electrons. The quantitative estimate of drug-likeness (QED) is 0.148. The fraction of sp³-hybridized carbons (Fsp3) is 0.956. The van der Waals surface area contributed by atoms with E-state index < -0.39 is 105 Å². The summed E-state index contributed by atoms with van der Waals surface area (Å²) >= 11 is 0. The maximum absolute atomic E-state index is 11.6. The second-order valence-corrected chi connectivity index (χ2v) is 21.2. The number of hydrogen-bond acceptors (Lipinski definition) is 16. The molecular formula is C45H73NO15. The lowest BCUT2D eigenvalue weighted by Crippen LogP contribution is -2.67. The summed E-state index contributed by atoms with van der Waals surface area (Å²) in [7, 11) is 0. The van der Waals surface area contributed by atoms with Gasteiger partial charge in [0.15, 0.2) is 18.9 Å². The van der Waals surface area contributed by atoms with Crippen LogP contribution in [0.1, 0.15) is 92.4 Å². The largest absolute Gasteiger partial charge is 0.394 e. The van der Waals surface area contributed by atoms with Crippen molar-refractivity contribution < 1.29 is 74.4 Å². The molecule has 9 aliphatic rings. The van der Waals surface area contributed by atoms with Gasteiger partial charge < -0.3 is 74.4 Å². The van der Waals surface area contributed by atoms with E-state index in [-0.39, 0.29) is 11.5 Å². The molecule has 3 saturated carbocycles. The molecule has 5 aliphatic heterocycles. The van der Waals surface area contributed by atoms with Gasteiger partial charge in [-0.15, -0.1) is 0 Å². The summed E-state index contributed by atoms with van der Waals surface area (Å²) in [6, 6.07) is 1.43. The summed E-state index contributed by atoms with van der Waals surface area (Å²) in [5.74, 6) is 4.15. The van der Waals surface area contributed by atoms with E-state index in [0.717, 1.165) is 36.6 Å². The van der Waals surface area contributed by atoms with Gasteiger partial charge in [0.25, 0.3) is 0 Å². The molecule has 0 amide bonds. The Morgan fingerprint density at radius 2 is 1.33 bits per heavy atom. The minimum atomic E-state index is -1.83. The molecule has 0 aromatic heterocycles. The van der Waals surface area contributed by atoms with Gasteiger partial charge >= 0.3 is 0 Å². The molecule has 0 unspecified atom stereocenters. The molecule has 5 saturated heterocycles. The van der Waals surface area contributed by atoms with Crippen LogP contribution < -0.4 is 0 Å². The topological polar surface area (TPSA) is 241 Å². The van der Waals surface area contributed by atoms with Gasteiger partial charge in [-0.2, -0.15) is 0 Å². The minimum absolute atomic E-state index is 0.00462. The third kappa shape index (κ3) is 7.42. The Morgan fingerprint density at radius 3 is 2.05 bits per heavy atom. The van der Waals surface area contributed by atoms with Crippen LogP contribution in [-0.4, -0.2) is 181 Å². The Bertz CT molecular complexity index is 1590. The zero-order valence-electron chi connectivity index (χ0n) is 36.3. The summed E-state index contributed by atoms with van der Waals surface area (Å²) in [4.78, 5) is 2.94. The molecule has 16 nitrogen and oxygen atoms in total. The van der Waals surface area contributed by atoms with Gasteiger partial charge in [-0.05, 0) is 111 Å². The van der Waals surface area contributed by atoms with Crippen LogP contribution in [0.3, 0.4) is 0 Å². The highest BCUT2D eigenvalue weighted by atomic mass is 16.8. The van der Waals surface area contributed by atoms with Crippen LogP contribution in [0.2, 0.25) is 0 Å². The van der Waals surface area contributed by atoms with Gasteiger partial charge in [-0.1, -0.05) is 39.3 Å². The van der Waals surface area contributed by atoms with E-state index in [2.05, 4.69) is 38.7 Å². The summed E-state index contributed by atoms with van der Waals surface area (Å²) in [5.41, 5.74) is 1.72. The highest BCUT2D eigenvalue weighted by molar-refractivity contribution is 5.27. The lowest BCUT2D eigenvalue weighted by Gasteiger charge is -2.58. The lowest BCUT2D eigenvalue weighted by atomic mass is 9.47. The first kappa shape index (κ1) is 45.3. The standard InChI is InChI=1S/C45H73NO15/c1-19-6-9-27-20(2)31-28(46(27)16-19)15-26-24-8-7-22-14-23(10-12-44(22,4)25(24)11-13-45(26,31)5)57-43-40(61-41-37(54)35(52)32(49)21(3)56-41)39(34(51)30(18-48)59-43)60-42-38(55)36(53)33(50)29(17-47)58-42/h7,19-21,23-43,47-55H,6,8-18H2,1-5H3/t19-,20-,21+,23-,24+,25-,26+,27-,28+,29+,30+,31+,32+,33+,34+,35-,36-,37+,38+,39-,40+,41-,42-,43+,44-,45-/m1/s1. The average Bonchev–Trinajstić information content (AvgIpc) is 3.71. The van der Waals surface area contributed by atoms with Crippen molar-refractivity contribution in [3.8, 4) is 0 Å². The fourth-order valence-corrected chi connectivity index (χ4v) is 14.7. The van der Waals surface area contributed by atoms with E-state index in [1.807, 2.05) is 0 Å². The van der Waals surface area contributed by atoms with Crippen LogP contribution in [0.5, 0.6) is 0 Å². The van der Waals surface area contributed by atoms with Gasteiger partial charge in [0.2, 0.25) is 0 Å². The third-order valence-electron chi connectivity index (χ3n) is 18.0. The van der Waals surface area contributed by atoms with Crippen molar-refractivity contribution in [1.29, 1.82) is 0 Å². The normalized spacial score (nSPS) is 57.3. The minimum Gasteiger partial charge on any atom is -0.394 e. The summed E-state index contributed by atoms with van der Waals surface area (Å²) in [5, 5.41) is 95.8. The molecule has 9 N–H and O–H groups in total. The van der Waals surface area contributed by atoms with Gasteiger partial charge in [0.05, 0.1) is 25.4 Å². The van der Waals surface area contributed by atoms with Gasteiger partial charge in [-0.3, -0.25) is 4.90 Å². The number of allylic oxidation sites excluding steroid dienone is 1. The van der Waals surface area contributed by atoms with Crippen molar-refractivity contribution in [1.82, 2.24) is 4.90 Å². The summed E-state index contributed by atoms with van der Waals surface area (Å²) < 4.78 is 36.8. The Labute approximate surface area is 359 Å². The maximum Gasteiger partial charge on any atom is 0.187 e. The van der Waals surface area contributed by atoms with Gasteiger partial charge in [-0.25, -0.2) is 0 Å². The number of fused-ring (bicyclic) bond motifs is 9. The predicted octanol–water partition coefficient (Wildman–Crippen LogP) is 0.155. The Kier molecular flexibility index (Phi) is 12.7. The number of rotatable bonds is 8. The smallest absolute Gasteiger partial charge is 0.187 e. The summed E-state index contributed by atoms with van der Waals surface area (Å²) in [6.07, 6.45) is -11.1. The molecule has 26 atom stereocenters. The molecule has 0 bridgehead atoms. The van der Waals surface area contributed by atoms with Crippen LogP contribution >= 0.6 is 0 Å².